The zero-order chi connectivity index (χ0) is 24.6. The van der Waals surface area contributed by atoms with E-state index in [4.69, 9.17) is 4.74 Å². The summed E-state index contributed by atoms with van der Waals surface area (Å²) in [5.74, 6) is -0.343. The van der Waals surface area contributed by atoms with Crippen LogP contribution in [-0.2, 0) is 4.79 Å². The number of hydrogen-bond acceptors (Lipinski definition) is 5. The van der Waals surface area contributed by atoms with Gasteiger partial charge in [0.15, 0.2) is 11.4 Å². The van der Waals surface area contributed by atoms with Gasteiger partial charge in [-0.1, -0.05) is 44.0 Å². The van der Waals surface area contributed by atoms with Crippen LogP contribution < -0.4 is 20.3 Å². The standard InChI is InChI=1S/C27H33N5O3/c1-3-4-15-23(26(33)28-20-11-10-14-22(18-20)31-16-8-9-17-31)29-27(34)25-24(35-2)19-32(30-25)21-12-6-5-7-13-21/h5-7,10-14,18-19,23H,3-4,8-9,15-17H2,1-2H3,(H,28,33)(H,29,34). The monoisotopic (exact) mass is 475 g/mol. The fourth-order valence-electron chi connectivity index (χ4n) is 4.27. The second-order valence-corrected chi connectivity index (χ2v) is 8.73. The van der Waals surface area contributed by atoms with Crippen LogP contribution in [-0.4, -0.2) is 47.8 Å². The summed E-state index contributed by atoms with van der Waals surface area (Å²) < 4.78 is 7.00. The fraction of sp³-hybridized carbons (Fsp3) is 0.370. The van der Waals surface area contributed by atoms with E-state index >= 15 is 0 Å². The highest BCUT2D eigenvalue weighted by molar-refractivity contribution is 6.01. The van der Waals surface area contributed by atoms with E-state index in [-0.39, 0.29) is 11.6 Å². The Kier molecular flexibility index (Phi) is 8.03. The van der Waals surface area contributed by atoms with Gasteiger partial charge in [0, 0.05) is 24.5 Å². The second-order valence-electron chi connectivity index (χ2n) is 8.73. The van der Waals surface area contributed by atoms with Crippen LogP contribution in [0.25, 0.3) is 5.69 Å². The first-order valence-electron chi connectivity index (χ1n) is 12.2. The largest absolute Gasteiger partial charge is 0.493 e. The maximum atomic E-state index is 13.2. The van der Waals surface area contributed by atoms with E-state index < -0.39 is 11.9 Å². The molecule has 1 aromatic heterocycles. The van der Waals surface area contributed by atoms with Crippen LogP contribution in [0.15, 0.2) is 60.8 Å². The molecule has 8 nitrogen and oxygen atoms in total. The maximum Gasteiger partial charge on any atom is 0.276 e. The third kappa shape index (κ3) is 6.01. The van der Waals surface area contributed by atoms with Crippen molar-refractivity contribution in [2.24, 2.45) is 0 Å². The van der Waals surface area contributed by atoms with Gasteiger partial charge in [-0.3, -0.25) is 9.59 Å². The Morgan fingerprint density at radius 2 is 1.80 bits per heavy atom. The molecule has 1 fully saturated rings. The summed E-state index contributed by atoms with van der Waals surface area (Å²) in [6.07, 6.45) is 6.28. The van der Waals surface area contributed by atoms with Gasteiger partial charge in [0.2, 0.25) is 5.91 Å². The summed E-state index contributed by atoms with van der Waals surface area (Å²) >= 11 is 0. The minimum atomic E-state index is -0.690. The van der Waals surface area contributed by atoms with E-state index in [1.54, 1.807) is 10.9 Å². The third-order valence-electron chi connectivity index (χ3n) is 6.19. The number of amides is 2. The summed E-state index contributed by atoms with van der Waals surface area (Å²) in [7, 11) is 1.50. The van der Waals surface area contributed by atoms with E-state index in [0.29, 0.717) is 12.2 Å². The van der Waals surface area contributed by atoms with Crippen molar-refractivity contribution in [1.29, 1.82) is 0 Å². The topological polar surface area (TPSA) is 88.5 Å². The molecule has 1 saturated heterocycles. The molecule has 0 bridgehead atoms. The molecule has 1 unspecified atom stereocenters. The van der Waals surface area contributed by atoms with Crippen molar-refractivity contribution in [3.8, 4) is 11.4 Å². The molecule has 0 radical (unpaired) electrons. The average molecular weight is 476 g/mol. The van der Waals surface area contributed by atoms with Crippen LogP contribution >= 0.6 is 0 Å². The summed E-state index contributed by atoms with van der Waals surface area (Å²) in [5, 5.41) is 10.3. The zero-order valence-electron chi connectivity index (χ0n) is 20.4. The number of unbranched alkanes of at least 4 members (excludes halogenated alkanes) is 1. The van der Waals surface area contributed by atoms with Crippen molar-refractivity contribution in [1.82, 2.24) is 15.1 Å². The Hall–Kier alpha value is -3.81. The predicted octanol–water partition coefficient (Wildman–Crippen LogP) is 4.41. The Morgan fingerprint density at radius 3 is 2.51 bits per heavy atom. The van der Waals surface area contributed by atoms with Crippen molar-refractivity contribution >= 4 is 23.2 Å². The first kappa shape index (κ1) is 24.3. The Labute approximate surface area is 206 Å². The highest BCUT2D eigenvalue weighted by Gasteiger charge is 2.25. The van der Waals surface area contributed by atoms with Gasteiger partial charge >= 0.3 is 0 Å². The van der Waals surface area contributed by atoms with E-state index in [0.717, 1.165) is 43.0 Å². The summed E-state index contributed by atoms with van der Waals surface area (Å²) in [5.41, 5.74) is 2.77. The van der Waals surface area contributed by atoms with Crippen molar-refractivity contribution in [3.05, 3.63) is 66.5 Å². The molecule has 2 aromatic carbocycles. The van der Waals surface area contributed by atoms with Crippen molar-refractivity contribution in [2.75, 3.05) is 30.4 Å². The molecule has 1 atom stereocenters. The number of carbonyl (C=O) groups excluding carboxylic acids is 2. The van der Waals surface area contributed by atoms with Gasteiger partial charge in [-0.15, -0.1) is 0 Å². The first-order valence-corrected chi connectivity index (χ1v) is 12.2. The van der Waals surface area contributed by atoms with Crippen LogP contribution in [0.2, 0.25) is 0 Å². The van der Waals surface area contributed by atoms with Gasteiger partial charge in [-0.2, -0.15) is 5.10 Å². The number of benzene rings is 2. The number of anilines is 2. The van der Waals surface area contributed by atoms with Gasteiger partial charge in [0.05, 0.1) is 19.0 Å². The molecule has 3 aromatic rings. The van der Waals surface area contributed by atoms with Crippen LogP contribution in [0.4, 0.5) is 11.4 Å². The molecular weight excluding hydrogens is 442 g/mol. The smallest absolute Gasteiger partial charge is 0.276 e. The number of para-hydroxylation sites is 1. The lowest BCUT2D eigenvalue weighted by Gasteiger charge is -2.20. The fourth-order valence-corrected chi connectivity index (χ4v) is 4.27. The van der Waals surface area contributed by atoms with Gasteiger partial charge in [0.1, 0.15) is 6.04 Å². The quantitative estimate of drug-likeness (QED) is 0.454. The van der Waals surface area contributed by atoms with Crippen LogP contribution in [0, 0.1) is 0 Å². The molecule has 8 heteroatoms. The number of nitrogens with zero attached hydrogens (tertiary/aromatic N) is 3. The lowest BCUT2D eigenvalue weighted by Crippen LogP contribution is -2.44. The second kappa shape index (κ2) is 11.6. The van der Waals surface area contributed by atoms with Crippen LogP contribution in [0.3, 0.4) is 0 Å². The SMILES string of the molecule is CCCCC(NC(=O)c1nn(-c2ccccc2)cc1OC)C(=O)Nc1cccc(N2CCCC2)c1. The molecule has 2 N–H and O–H groups in total. The van der Waals surface area contributed by atoms with Crippen molar-refractivity contribution in [3.63, 3.8) is 0 Å². The Bertz CT molecular complexity index is 1140. The molecule has 184 valence electrons. The first-order chi connectivity index (χ1) is 17.1. The van der Waals surface area contributed by atoms with E-state index in [9.17, 15) is 9.59 Å². The van der Waals surface area contributed by atoms with Crippen molar-refractivity contribution < 1.29 is 14.3 Å². The molecule has 2 heterocycles. The van der Waals surface area contributed by atoms with Gasteiger partial charge in [0.25, 0.3) is 5.91 Å². The number of aromatic nitrogens is 2. The van der Waals surface area contributed by atoms with E-state index in [1.807, 2.05) is 48.5 Å². The normalized spacial score (nSPS) is 13.9. The molecule has 1 aliphatic heterocycles. The van der Waals surface area contributed by atoms with E-state index in [1.165, 1.54) is 20.0 Å². The summed E-state index contributed by atoms with van der Waals surface area (Å²) in [4.78, 5) is 28.7. The predicted molar refractivity (Wildman–Crippen MR) is 137 cm³/mol. The highest BCUT2D eigenvalue weighted by atomic mass is 16.5. The summed E-state index contributed by atoms with van der Waals surface area (Å²) in [6.45, 7) is 4.12. The van der Waals surface area contributed by atoms with E-state index in [2.05, 4.69) is 33.6 Å². The Balaban J connectivity index is 1.49. The number of rotatable bonds is 10. The number of hydrogen-bond donors (Lipinski definition) is 2. The zero-order valence-corrected chi connectivity index (χ0v) is 20.4. The van der Waals surface area contributed by atoms with Gasteiger partial charge in [-0.25, -0.2) is 4.68 Å². The van der Waals surface area contributed by atoms with Gasteiger partial charge < -0.3 is 20.3 Å². The molecule has 0 aliphatic carbocycles. The van der Waals surface area contributed by atoms with Crippen molar-refractivity contribution in [2.45, 2.75) is 45.1 Å². The minimum Gasteiger partial charge on any atom is -0.493 e. The molecular formula is C27H33N5O3. The molecule has 2 amide bonds. The number of carbonyl (C=O) groups is 2. The number of methoxy groups -OCH3 is 1. The highest BCUT2D eigenvalue weighted by Crippen LogP contribution is 2.24. The molecule has 4 rings (SSSR count). The van der Waals surface area contributed by atoms with Crippen LogP contribution in [0.5, 0.6) is 5.75 Å². The lowest BCUT2D eigenvalue weighted by molar-refractivity contribution is -0.118. The Morgan fingerprint density at radius 1 is 1.06 bits per heavy atom. The lowest BCUT2D eigenvalue weighted by atomic mass is 10.1. The minimum absolute atomic E-state index is 0.140. The molecule has 1 aliphatic rings. The molecule has 35 heavy (non-hydrogen) atoms. The van der Waals surface area contributed by atoms with Gasteiger partial charge in [-0.05, 0) is 49.6 Å². The number of ether oxygens (including phenoxy) is 1. The summed E-state index contributed by atoms with van der Waals surface area (Å²) in [6, 6.07) is 16.7. The maximum absolute atomic E-state index is 13.2. The molecule has 0 spiro atoms. The average Bonchev–Trinajstić information content (AvgIpc) is 3.58. The van der Waals surface area contributed by atoms with Crippen LogP contribution in [0.1, 0.15) is 49.5 Å². The third-order valence-corrected chi connectivity index (χ3v) is 6.19. The number of nitrogens with one attached hydrogen (secondary N) is 2. The molecule has 0 saturated carbocycles.